The molecular formula is C38H48N6O4S. The highest BCUT2D eigenvalue weighted by molar-refractivity contribution is 7.93. The minimum absolute atomic E-state index is 0.0600. The first-order valence-corrected chi connectivity index (χ1v) is 18.4. The number of anilines is 2. The van der Waals surface area contributed by atoms with E-state index in [4.69, 9.17) is 14.5 Å². The van der Waals surface area contributed by atoms with Crippen molar-refractivity contribution in [3.63, 3.8) is 0 Å². The third kappa shape index (κ3) is 6.97. The lowest BCUT2D eigenvalue weighted by molar-refractivity contribution is 0.0550. The monoisotopic (exact) mass is 684 g/mol. The molecule has 0 aliphatic carbocycles. The molecular weight excluding hydrogens is 637 g/mol. The van der Waals surface area contributed by atoms with E-state index in [0.717, 1.165) is 50.4 Å². The van der Waals surface area contributed by atoms with Crippen LogP contribution in [0.1, 0.15) is 35.1 Å². The first-order valence-electron chi connectivity index (χ1n) is 16.9. The Morgan fingerprint density at radius 2 is 1.61 bits per heavy atom. The molecule has 0 amide bonds. The fourth-order valence-electron chi connectivity index (χ4n) is 7.50. The molecule has 4 aromatic rings. The van der Waals surface area contributed by atoms with Crippen LogP contribution in [0, 0.1) is 13.8 Å². The largest absolute Gasteiger partial charge is 0.497 e. The van der Waals surface area contributed by atoms with Gasteiger partial charge in [0.1, 0.15) is 18.2 Å². The van der Waals surface area contributed by atoms with Crippen LogP contribution < -0.4 is 18.7 Å². The Kier molecular flexibility index (Phi) is 10.1. The molecule has 10 nitrogen and oxygen atoms in total. The van der Waals surface area contributed by atoms with Crippen molar-refractivity contribution < 1.29 is 17.9 Å². The van der Waals surface area contributed by atoms with E-state index < -0.39 is 16.1 Å². The van der Waals surface area contributed by atoms with Gasteiger partial charge in [-0.15, -0.1) is 0 Å². The van der Waals surface area contributed by atoms with E-state index in [9.17, 15) is 8.42 Å². The van der Waals surface area contributed by atoms with E-state index in [0.29, 0.717) is 29.0 Å². The van der Waals surface area contributed by atoms with Gasteiger partial charge < -0.3 is 19.3 Å². The molecule has 6 rings (SSSR count). The van der Waals surface area contributed by atoms with Crippen LogP contribution >= 0.6 is 0 Å². The first kappa shape index (κ1) is 34.7. The first-order chi connectivity index (χ1) is 23.5. The quantitative estimate of drug-likeness (QED) is 0.198. The van der Waals surface area contributed by atoms with Crippen molar-refractivity contribution in [2.75, 3.05) is 70.2 Å². The summed E-state index contributed by atoms with van der Waals surface area (Å²) in [6.07, 6.45) is 4.38. The smallest absolute Gasteiger partial charge is 0.318 e. The van der Waals surface area contributed by atoms with E-state index in [1.165, 1.54) is 9.87 Å². The number of fused-ring (bicyclic) bond motifs is 1. The molecule has 0 unspecified atom stereocenters. The summed E-state index contributed by atoms with van der Waals surface area (Å²) >= 11 is 0. The summed E-state index contributed by atoms with van der Waals surface area (Å²) in [4.78, 5) is 16.4. The van der Waals surface area contributed by atoms with Gasteiger partial charge in [-0.25, -0.2) is 13.4 Å². The van der Waals surface area contributed by atoms with Gasteiger partial charge in [0.2, 0.25) is 0 Å². The third-order valence-electron chi connectivity index (χ3n) is 10.2. The summed E-state index contributed by atoms with van der Waals surface area (Å²) in [6.45, 7) is 7.50. The number of benzene rings is 3. The fourth-order valence-corrected chi connectivity index (χ4v) is 9.59. The third-order valence-corrected chi connectivity index (χ3v) is 12.4. The lowest BCUT2D eigenvalue weighted by Gasteiger charge is -2.47. The van der Waals surface area contributed by atoms with Gasteiger partial charge in [-0.1, -0.05) is 48.5 Å². The maximum absolute atomic E-state index is 14.3. The minimum atomic E-state index is -3.92. The van der Waals surface area contributed by atoms with Gasteiger partial charge in [0.25, 0.3) is 10.0 Å². The highest BCUT2D eigenvalue weighted by Crippen LogP contribution is 2.40. The highest BCUT2D eigenvalue weighted by atomic mass is 32.2. The lowest BCUT2D eigenvalue weighted by Crippen LogP contribution is -2.51. The second kappa shape index (κ2) is 14.3. The maximum Gasteiger partial charge on any atom is 0.318 e. The molecule has 1 aromatic heterocycles. The second-order valence-corrected chi connectivity index (χ2v) is 15.2. The number of aromatic nitrogens is 2. The molecule has 0 saturated carbocycles. The van der Waals surface area contributed by atoms with Gasteiger partial charge in [0.05, 0.1) is 23.7 Å². The Hall–Kier alpha value is -4.19. The van der Waals surface area contributed by atoms with Crippen molar-refractivity contribution in [3.05, 3.63) is 101 Å². The zero-order chi connectivity index (χ0) is 34.8. The number of nitrogens with zero attached hydrogens (tertiary/aromatic N) is 6. The number of para-hydroxylation sites is 1. The average Bonchev–Trinajstić information content (AvgIpc) is 3.49. The number of likely N-dealkylation sites (tertiary alicyclic amines) is 1. The van der Waals surface area contributed by atoms with Crippen molar-refractivity contribution in [2.45, 2.75) is 49.6 Å². The number of hydrogen-bond acceptors (Lipinski definition) is 9. The summed E-state index contributed by atoms with van der Waals surface area (Å²) in [5, 5.41) is 0. The predicted molar refractivity (Wildman–Crippen MR) is 194 cm³/mol. The summed E-state index contributed by atoms with van der Waals surface area (Å²) in [5.74, 6) is 1.39. The summed E-state index contributed by atoms with van der Waals surface area (Å²) < 4.78 is 41.7. The molecule has 3 aromatic carbocycles. The summed E-state index contributed by atoms with van der Waals surface area (Å²) in [6, 6.07) is 23.7. The predicted octanol–water partition coefficient (Wildman–Crippen LogP) is 5.29. The number of likely N-dealkylation sites (N-methyl/N-ethyl adjacent to an activating group) is 1. The Morgan fingerprint density at radius 3 is 2.29 bits per heavy atom. The number of methoxy groups -OCH3 is 1. The SMILES string of the molecule is COc1cc(C)c(S(=O)(=O)N2c3ccccc3C[C@H]2COc2nccc(N(C)CCN3CCC(c4ccccc4)(N(C)C)CC3)n2)c(C)c1. The molecule has 0 N–H and O–H groups in total. The molecule has 1 saturated heterocycles. The van der Waals surface area contributed by atoms with E-state index in [-0.39, 0.29) is 23.1 Å². The molecule has 2 aliphatic rings. The van der Waals surface area contributed by atoms with Crippen LogP contribution in [0.15, 0.2) is 83.9 Å². The maximum atomic E-state index is 14.3. The van der Waals surface area contributed by atoms with Crippen LogP contribution in [0.3, 0.4) is 0 Å². The standard InChI is InChI=1S/C38H48N6O4S/c1-28-24-33(47-6)25-29(2)36(28)49(45,46)44-32(26-30-12-10-11-15-34(30)44)27-48-37-39-19-16-35(40-37)42(5)22-23-43-20-17-38(18-21-43,41(3)4)31-13-8-7-9-14-31/h7-16,19,24-25,32H,17-18,20-23,26-27H2,1-6H3/t32-/m0/s1. The number of sulfonamides is 1. The van der Waals surface area contributed by atoms with Crippen LogP contribution in [-0.4, -0.2) is 95.3 Å². The molecule has 0 spiro atoms. The van der Waals surface area contributed by atoms with E-state index in [1.54, 1.807) is 39.3 Å². The minimum Gasteiger partial charge on any atom is -0.497 e. The zero-order valence-electron chi connectivity index (χ0n) is 29.5. The molecule has 1 atom stereocenters. The van der Waals surface area contributed by atoms with Crippen LogP contribution in [0.4, 0.5) is 11.5 Å². The Balaban J connectivity index is 1.11. The van der Waals surface area contributed by atoms with E-state index >= 15 is 0 Å². The normalized spacial score (nSPS) is 17.6. The van der Waals surface area contributed by atoms with Crippen molar-refractivity contribution >= 4 is 21.5 Å². The Morgan fingerprint density at radius 1 is 0.939 bits per heavy atom. The van der Waals surface area contributed by atoms with Crippen molar-refractivity contribution in [2.24, 2.45) is 0 Å². The lowest BCUT2D eigenvalue weighted by atomic mass is 9.80. The number of rotatable bonds is 12. The number of ether oxygens (including phenoxy) is 2. The van der Waals surface area contributed by atoms with Gasteiger partial charge in [0.15, 0.2) is 0 Å². The van der Waals surface area contributed by atoms with Crippen LogP contribution in [-0.2, 0) is 22.0 Å². The molecule has 0 bridgehead atoms. The molecule has 11 heteroatoms. The zero-order valence-corrected chi connectivity index (χ0v) is 30.3. The van der Waals surface area contributed by atoms with E-state index in [1.807, 2.05) is 37.4 Å². The number of piperidine rings is 1. The molecule has 3 heterocycles. The van der Waals surface area contributed by atoms with E-state index in [2.05, 4.69) is 64.1 Å². The molecule has 2 aliphatic heterocycles. The fraction of sp³-hybridized carbons (Fsp3) is 0.421. The molecule has 0 radical (unpaired) electrons. The van der Waals surface area contributed by atoms with Crippen LogP contribution in [0.2, 0.25) is 0 Å². The van der Waals surface area contributed by atoms with Crippen molar-refractivity contribution in [3.8, 4) is 11.8 Å². The van der Waals surface area contributed by atoms with Gasteiger partial charge in [-0.2, -0.15) is 4.98 Å². The summed E-state index contributed by atoms with van der Waals surface area (Å²) in [5.41, 5.74) is 4.35. The summed E-state index contributed by atoms with van der Waals surface area (Å²) in [7, 11) is 4.08. The van der Waals surface area contributed by atoms with Gasteiger partial charge >= 0.3 is 6.01 Å². The Labute approximate surface area is 291 Å². The van der Waals surface area contributed by atoms with Gasteiger partial charge in [0, 0.05) is 45.0 Å². The topological polar surface area (TPSA) is 91.3 Å². The number of hydrogen-bond donors (Lipinski definition) is 0. The number of aryl methyl sites for hydroxylation is 2. The molecule has 260 valence electrons. The van der Waals surface area contributed by atoms with Gasteiger partial charge in [-0.05, 0) is 93.7 Å². The Bertz CT molecular complexity index is 1840. The van der Waals surface area contributed by atoms with Crippen LogP contribution in [0.5, 0.6) is 11.8 Å². The second-order valence-electron chi connectivity index (χ2n) is 13.4. The molecule has 1 fully saturated rings. The van der Waals surface area contributed by atoms with Crippen molar-refractivity contribution in [1.82, 2.24) is 19.8 Å². The van der Waals surface area contributed by atoms with Crippen LogP contribution in [0.25, 0.3) is 0 Å². The molecule has 49 heavy (non-hydrogen) atoms. The highest BCUT2D eigenvalue weighted by Gasteiger charge is 2.41. The average molecular weight is 685 g/mol. The van der Waals surface area contributed by atoms with Gasteiger partial charge in [-0.3, -0.25) is 9.21 Å². The van der Waals surface area contributed by atoms with Crippen molar-refractivity contribution in [1.29, 1.82) is 0 Å².